The van der Waals surface area contributed by atoms with Crippen LogP contribution in [0.25, 0.3) is 0 Å². The van der Waals surface area contributed by atoms with Gasteiger partial charge >= 0.3 is 0 Å². The Morgan fingerprint density at radius 3 is 2.43 bits per heavy atom. The van der Waals surface area contributed by atoms with Crippen LogP contribution in [0.4, 0.5) is 8.78 Å². The number of likely N-dealkylation sites (tertiary alicyclic amines) is 1. The molecule has 114 valence electrons. The first-order chi connectivity index (χ1) is 9.76. The quantitative estimate of drug-likeness (QED) is 0.854. The number of nitrogens with zero attached hydrogens (tertiary/aromatic N) is 1. The smallest absolute Gasteiger partial charge is 0.259 e. The van der Waals surface area contributed by atoms with Crippen molar-refractivity contribution in [2.24, 2.45) is 11.1 Å². The van der Waals surface area contributed by atoms with Crippen LogP contribution in [0, 0.1) is 24.0 Å². The van der Waals surface area contributed by atoms with Crippen molar-refractivity contribution in [3.8, 4) is 0 Å². The lowest BCUT2D eigenvalue weighted by Gasteiger charge is -2.38. The first-order valence-corrected chi connectivity index (χ1v) is 7.21. The first-order valence-electron chi connectivity index (χ1n) is 6.80. The minimum absolute atomic E-state index is 0.254. The molecule has 2 rings (SSSR count). The van der Waals surface area contributed by atoms with Gasteiger partial charge in [-0.05, 0) is 31.4 Å². The molecule has 0 unspecified atom stereocenters. The molecule has 3 nitrogen and oxygen atoms in total. The van der Waals surface area contributed by atoms with E-state index in [9.17, 15) is 13.6 Å². The third-order valence-corrected chi connectivity index (χ3v) is 4.74. The number of halogens is 2. The van der Waals surface area contributed by atoms with Crippen molar-refractivity contribution in [1.82, 2.24) is 4.90 Å². The van der Waals surface area contributed by atoms with Crippen LogP contribution in [0.5, 0.6) is 0 Å². The molecule has 1 heterocycles. The van der Waals surface area contributed by atoms with E-state index in [1.807, 2.05) is 6.92 Å². The maximum Gasteiger partial charge on any atom is 0.259 e. The topological polar surface area (TPSA) is 46.3 Å². The Morgan fingerprint density at radius 2 is 1.90 bits per heavy atom. The molecule has 1 aromatic carbocycles. The minimum atomic E-state index is -0.828. The lowest BCUT2D eigenvalue weighted by atomic mass is 9.80. The number of hydrogen-bond acceptors (Lipinski definition) is 2. The van der Waals surface area contributed by atoms with Crippen molar-refractivity contribution in [3.63, 3.8) is 0 Å². The molecule has 21 heavy (non-hydrogen) atoms. The summed E-state index contributed by atoms with van der Waals surface area (Å²) in [6.45, 7) is 4.23. The van der Waals surface area contributed by atoms with Crippen LogP contribution in [0.15, 0.2) is 12.1 Å². The number of hydrogen-bond donors (Lipinski definition) is 1. The summed E-state index contributed by atoms with van der Waals surface area (Å²) < 4.78 is 27.8. The summed E-state index contributed by atoms with van der Waals surface area (Å²) in [7, 11) is 0. The van der Waals surface area contributed by atoms with Crippen molar-refractivity contribution < 1.29 is 13.6 Å². The Labute approximate surface area is 128 Å². The summed E-state index contributed by atoms with van der Waals surface area (Å²) in [4.78, 5) is 14.2. The molecule has 0 spiro atoms. The van der Waals surface area contributed by atoms with Gasteiger partial charge in [-0.2, -0.15) is 0 Å². The second-order valence-corrected chi connectivity index (χ2v) is 6.21. The Hall–Kier alpha value is -1.56. The number of nitrogens with two attached hydrogens (primary N) is 1. The van der Waals surface area contributed by atoms with Crippen LogP contribution >= 0.6 is 12.2 Å². The summed E-state index contributed by atoms with van der Waals surface area (Å²) in [5.74, 6) is -2.23. The number of benzene rings is 1. The molecule has 1 aliphatic heterocycles. The normalized spacial score (nSPS) is 17.6. The molecule has 1 amide bonds. The number of carbonyl (C=O) groups excluding carboxylic acids is 1. The van der Waals surface area contributed by atoms with E-state index in [0.29, 0.717) is 30.9 Å². The fourth-order valence-corrected chi connectivity index (χ4v) is 2.66. The Morgan fingerprint density at radius 1 is 1.33 bits per heavy atom. The van der Waals surface area contributed by atoms with E-state index in [1.165, 1.54) is 17.9 Å². The molecule has 0 aromatic heterocycles. The second-order valence-electron chi connectivity index (χ2n) is 5.77. The zero-order valence-corrected chi connectivity index (χ0v) is 12.9. The summed E-state index contributed by atoms with van der Waals surface area (Å²) in [6, 6.07) is 2.44. The van der Waals surface area contributed by atoms with E-state index in [2.05, 4.69) is 0 Å². The summed E-state index contributed by atoms with van der Waals surface area (Å²) >= 11 is 5.04. The van der Waals surface area contributed by atoms with Gasteiger partial charge in [0.05, 0.1) is 4.99 Å². The Balaban J connectivity index is 2.20. The molecule has 1 aliphatic rings. The fraction of sp³-hybridized carbons (Fsp3) is 0.467. The van der Waals surface area contributed by atoms with Crippen molar-refractivity contribution in [1.29, 1.82) is 0 Å². The third kappa shape index (κ3) is 2.90. The van der Waals surface area contributed by atoms with E-state index < -0.39 is 23.1 Å². The van der Waals surface area contributed by atoms with Gasteiger partial charge < -0.3 is 10.6 Å². The van der Waals surface area contributed by atoms with Crippen LogP contribution in [-0.4, -0.2) is 28.9 Å². The SMILES string of the molecule is Cc1ccc(F)c(C(=O)N2CCC(C)(C(N)=S)CC2)c1F. The van der Waals surface area contributed by atoms with Gasteiger partial charge in [0.25, 0.3) is 5.91 Å². The Kier molecular flexibility index (Phi) is 4.27. The summed E-state index contributed by atoms with van der Waals surface area (Å²) in [5, 5.41) is 0. The van der Waals surface area contributed by atoms with Crippen LogP contribution in [0.1, 0.15) is 35.7 Å². The number of aryl methyl sites for hydroxylation is 1. The molecule has 2 N–H and O–H groups in total. The highest BCUT2D eigenvalue weighted by atomic mass is 32.1. The van der Waals surface area contributed by atoms with Gasteiger partial charge in [0.2, 0.25) is 0 Å². The molecule has 6 heteroatoms. The van der Waals surface area contributed by atoms with Crippen LogP contribution in [-0.2, 0) is 0 Å². The molecule has 0 saturated carbocycles. The van der Waals surface area contributed by atoms with E-state index in [1.54, 1.807) is 0 Å². The molecular weight excluding hydrogens is 294 g/mol. The molecule has 1 saturated heterocycles. The van der Waals surface area contributed by atoms with Gasteiger partial charge in [-0.25, -0.2) is 8.78 Å². The average Bonchev–Trinajstić information content (AvgIpc) is 2.44. The van der Waals surface area contributed by atoms with Gasteiger partial charge in [0.15, 0.2) is 0 Å². The monoisotopic (exact) mass is 312 g/mol. The zero-order valence-electron chi connectivity index (χ0n) is 12.1. The number of carbonyl (C=O) groups is 1. The predicted molar refractivity (Wildman–Crippen MR) is 81.1 cm³/mol. The van der Waals surface area contributed by atoms with Crippen molar-refractivity contribution in [2.45, 2.75) is 26.7 Å². The van der Waals surface area contributed by atoms with Crippen molar-refractivity contribution in [3.05, 3.63) is 34.9 Å². The van der Waals surface area contributed by atoms with Crippen LogP contribution in [0.3, 0.4) is 0 Å². The largest absolute Gasteiger partial charge is 0.393 e. The Bertz CT molecular complexity index is 596. The standard InChI is InChI=1S/C15H18F2N2OS/c1-9-3-4-10(16)11(12(9)17)13(20)19-7-5-15(2,6-8-19)14(18)21/h3-4H,5-8H2,1-2H3,(H2,18,21). The van der Waals surface area contributed by atoms with Gasteiger partial charge in [-0.1, -0.05) is 25.2 Å². The average molecular weight is 312 g/mol. The molecule has 0 aliphatic carbocycles. The highest BCUT2D eigenvalue weighted by Gasteiger charge is 2.35. The number of amides is 1. The lowest BCUT2D eigenvalue weighted by molar-refractivity contribution is 0.0660. The number of piperidine rings is 1. The molecule has 0 bridgehead atoms. The van der Waals surface area contributed by atoms with Gasteiger partial charge in [0.1, 0.15) is 17.2 Å². The third-order valence-electron chi connectivity index (χ3n) is 4.25. The maximum atomic E-state index is 14.0. The zero-order chi connectivity index (χ0) is 15.8. The molecule has 1 aromatic rings. The predicted octanol–water partition coefficient (Wildman–Crippen LogP) is 2.80. The fourth-order valence-electron chi connectivity index (χ4n) is 2.46. The van der Waals surface area contributed by atoms with Gasteiger partial charge in [-0.15, -0.1) is 0 Å². The van der Waals surface area contributed by atoms with E-state index in [4.69, 9.17) is 18.0 Å². The van der Waals surface area contributed by atoms with Crippen molar-refractivity contribution >= 4 is 23.1 Å². The molecule has 0 radical (unpaired) electrons. The highest BCUT2D eigenvalue weighted by molar-refractivity contribution is 7.80. The first kappa shape index (κ1) is 15.8. The van der Waals surface area contributed by atoms with E-state index in [0.717, 1.165) is 6.07 Å². The van der Waals surface area contributed by atoms with Gasteiger partial charge in [0, 0.05) is 18.5 Å². The van der Waals surface area contributed by atoms with E-state index >= 15 is 0 Å². The molecule has 0 atom stereocenters. The van der Waals surface area contributed by atoms with Crippen molar-refractivity contribution in [2.75, 3.05) is 13.1 Å². The highest BCUT2D eigenvalue weighted by Crippen LogP contribution is 2.32. The van der Waals surface area contributed by atoms with Crippen LogP contribution in [0.2, 0.25) is 0 Å². The minimum Gasteiger partial charge on any atom is -0.393 e. The molecular formula is C15H18F2N2OS. The number of rotatable bonds is 2. The molecule has 1 fully saturated rings. The van der Waals surface area contributed by atoms with Crippen LogP contribution < -0.4 is 5.73 Å². The van der Waals surface area contributed by atoms with E-state index in [-0.39, 0.29) is 11.0 Å². The number of thiocarbonyl (C=S) groups is 1. The summed E-state index contributed by atoms with van der Waals surface area (Å²) in [5.41, 5.74) is 5.19. The lowest BCUT2D eigenvalue weighted by Crippen LogP contribution is -2.47. The summed E-state index contributed by atoms with van der Waals surface area (Å²) in [6.07, 6.45) is 1.20. The van der Waals surface area contributed by atoms with Gasteiger partial charge in [-0.3, -0.25) is 4.79 Å². The maximum absolute atomic E-state index is 14.0. The second kappa shape index (κ2) is 5.67.